The summed E-state index contributed by atoms with van der Waals surface area (Å²) in [7, 11) is 1.40. The highest BCUT2D eigenvalue weighted by molar-refractivity contribution is 7.99. The molecule has 12 heteroatoms. The van der Waals surface area contributed by atoms with Crippen molar-refractivity contribution in [1.29, 1.82) is 0 Å². The summed E-state index contributed by atoms with van der Waals surface area (Å²) in [4.78, 5) is 34.5. The van der Waals surface area contributed by atoms with Crippen LogP contribution in [0.25, 0.3) is 11.4 Å². The van der Waals surface area contributed by atoms with Gasteiger partial charge in [0.15, 0.2) is 11.0 Å². The molecule has 3 rings (SSSR count). The van der Waals surface area contributed by atoms with E-state index in [1.165, 1.54) is 32.2 Å². The first-order valence-electron chi connectivity index (χ1n) is 9.88. The topological polar surface area (TPSA) is 141 Å². The second-order valence-electron chi connectivity index (χ2n) is 6.79. The molecule has 0 spiro atoms. The van der Waals surface area contributed by atoms with Crippen molar-refractivity contribution in [2.45, 2.75) is 25.5 Å². The van der Waals surface area contributed by atoms with Gasteiger partial charge in [0.05, 0.1) is 23.9 Å². The van der Waals surface area contributed by atoms with Crippen LogP contribution in [0.3, 0.4) is 0 Å². The van der Waals surface area contributed by atoms with Crippen molar-refractivity contribution in [2.75, 3.05) is 23.5 Å². The molecule has 0 saturated carbocycles. The Kier molecular flexibility index (Phi) is 7.61. The van der Waals surface area contributed by atoms with E-state index < -0.39 is 10.8 Å². The van der Waals surface area contributed by atoms with E-state index in [1.807, 2.05) is 17.6 Å². The minimum atomic E-state index is -0.583. The molecule has 2 amide bonds. The molecule has 1 aromatic heterocycles. The average molecular weight is 471 g/mol. The number of hydrogen-bond acceptors (Lipinski definition) is 8. The maximum Gasteiger partial charge on any atom is 0.296 e. The molecular formula is C21H22N6O5S. The summed E-state index contributed by atoms with van der Waals surface area (Å²) in [5.74, 6) is 0.294. The summed E-state index contributed by atoms with van der Waals surface area (Å²) in [6, 6.07) is 11.4. The second kappa shape index (κ2) is 10.6. The van der Waals surface area contributed by atoms with Crippen molar-refractivity contribution in [3.8, 4) is 17.1 Å². The molecule has 33 heavy (non-hydrogen) atoms. The summed E-state index contributed by atoms with van der Waals surface area (Å²) < 4.78 is 6.85. The number of nitrogens with one attached hydrogen (secondary N) is 2. The van der Waals surface area contributed by atoms with Gasteiger partial charge in [-0.15, -0.1) is 10.2 Å². The molecule has 0 saturated heterocycles. The van der Waals surface area contributed by atoms with Crippen molar-refractivity contribution in [3.63, 3.8) is 0 Å². The number of ether oxygens (including phenoxy) is 1. The van der Waals surface area contributed by atoms with Crippen LogP contribution in [0, 0.1) is 10.1 Å². The number of carbonyl (C=O) groups excluding carboxylic acids is 2. The summed E-state index contributed by atoms with van der Waals surface area (Å²) in [6.07, 6.45) is 0. The van der Waals surface area contributed by atoms with Crippen molar-refractivity contribution < 1.29 is 19.2 Å². The predicted octanol–water partition coefficient (Wildman–Crippen LogP) is 3.57. The maximum absolute atomic E-state index is 12.5. The molecule has 2 N–H and O–H groups in total. The molecule has 0 aliphatic carbocycles. The lowest BCUT2D eigenvalue weighted by molar-refractivity contribution is -0.384. The van der Waals surface area contributed by atoms with E-state index in [2.05, 4.69) is 20.8 Å². The number of rotatable bonds is 9. The van der Waals surface area contributed by atoms with E-state index in [0.29, 0.717) is 29.0 Å². The van der Waals surface area contributed by atoms with Crippen LogP contribution in [0.4, 0.5) is 17.1 Å². The second-order valence-corrected chi connectivity index (χ2v) is 7.73. The third-order valence-electron chi connectivity index (χ3n) is 4.48. The molecule has 172 valence electrons. The van der Waals surface area contributed by atoms with Crippen molar-refractivity contribution in [2.24, 2.45) is 0 Å². The molecule has 1 heterocycles. The first-order chi connectivity index (χ1) is 15.8. The fraction of sp³-hybridized carbons (Fsp3) is 0.238. The van der Waals surface area contributed by atoms with Crippen LogP contribution in [-0.2, 0) is 16.1 Å². The molecule has 0 radical (unpaired) electrons. The van der Waals surface area contributed by atoms with Gasteiger partial charge in [-0.3, -0.25) is 19.7 Å². The molecular weight excluding hydrogens is 448 g/mol. The first kappa shape index (κ1) is 23.7. The zero-order valence-electron chi connectivity index (χ0n) is 18.2. The fourth-order valence-corrected chi connectivity index (χ4v) is 3.85. The smallest absolute Gasteiger partial charge is 0.296 e. The van der Waals surface area contributed by atoms with Crippen LogP contribution in [0.5, 0.6) is 5.75 Å². The van der Waals surface area contributed by atoms with Crippen molar-refractivity contribution >= 4 is 40.6 Å². The Morgan fingerprint density at radius 1 is 1.18 bits per heavy atom. The van der Waals surface area contributed by atoms with Gasteiger partial charge >= 0.3 is 0 Å². The van der Waals surface area contributed by atoms with Crippen LogP contribution in [0.15, 0.2) is 47.6 Å². The number of anilines is 2. The lowest BCUT2D eigenvalue weighted by Crippen LogP contribution is -2.15. The largest absolute Gasteiger partial charge is 0.496 e. The SMILES string of the molecule is CCn1c(SCC(=O)Nc2ccc(OC)cc2[N+](=O)[O-])nnc1-c1cccc(NC(C)=O)c1. The van der Waals surface area contributed by atoms with E-state index in [9.17, 15) is 19.7 Å². The van der Waals surface area contributed by atoms with Gasteiger partial charge in [0.25, 0.3) is 5.69 Å². The van der Waals surface area contributed by atoms with E-state index in [4.69, 9.17) is 4.74 Å². The van der Waals surface area contributed by atoms with Gasteiger partial charge in [-0.25, -0.2) is 0 Å². The average Bonchev–Trinajstić information content (AvgIpc) is 3.20. The number of nitro benzene ring substituents is 1. The highest BCUT2D eigenvalue weighted by atomic mass is 32.2. The standard InChI is InChI=1S/C21H22N6O5S/c1-4-26-20(14-6-5-7-15(10-14)22-13(2)28)24-25-21(26)33-12-19(29)23-17-9-8-16(32-3)11-18(17)27(30)31/h5-11H,4,12H2,1-3H3,(H,22,28)(H,23,29). The van der Waals surface area contributed by atoms with Gasteiger partial charge < -0.3 is 19.9 Å². The van der Waals surface area contributed by atoms with E-state index in [0.717, 1.165) is 17.3 Å². The molecule has 11 nitrogen and oxygen atoms in total. The minimum Gasteiger partial charge on any atom is -0.496 e. The van der Waals surface area contributed by atoms with Gasteiger partial charge in [0.2, 0.25) is 11.8 Å². The molecule has 0 unspecified atom stereocenters. The Hall–Kier alpha value is -3.93. The van der Waals surface area contributed by atoms with Gasteiger partial charge in [-0.05, 0) is 31.2 Å². The summed E-state index contributed by atoms with van der Waals surface area (Å²) >= 11 is 1.16. The highest BCUT2D eigenvalue weighted by Crippen LogP contribution is 2.30. The lowest BCUT2D eigenvalue weighted by Gasteiger charge is -2.09. The Morgan fingerprint density at radius 3 is 2.64 bits per heavy atom. The van der Waals surface area contributed by atoms with Gasteiger partial charge in [0, 0.05) is 24.7 Å². The number of aromatic nitrogens is 3. The monoisotopic (exact) mass is 470 g/mol. The van der Waals surface area contributed by atoms with Crippen molar-refractivity contribution in [1.82, 2.24) is 14.8 Å². The van der Waals surface area contributed by atoms with Crippen molar-refractivity contribution in [3.05, 3.63) is 52.6 Å². The number of nitro groups is 1. The van der Waals surface area contributed by atoms with E-state index in [-0.39, 0.29) is 23.0 Å². The summed E-state index contributed by atoms with van der Waals surface area (Å²) in [6.45, 7) is 3.91. The van der Waals surface area contributed by atoms with Crippen LogP contribution in [0.1, 0.15) is 13.8 Å². The maximum atomic E-state index is 12.5. The Bertz CT molecular complexity index is 1200. The number of nitrogens with zero attached hydrogens (tertiary/aromatic N) is 4. The van der Waals surface area contributed by atoms with Gasteiger partial charge in [-0.2, -0.15) is 0 Å². The number of amides is 2. The number of hydrogen-bond donors (Lipinski definition) is 2. The Balaban J connectivity index is 1.73. The lowest BCUT2D eigenvalue weighted by atomic mass is 10.2. The van der Waals surface area contributed by atoms with Crippen LogP contribution in [0.2, 0.25) is 0 Å². The zero-order chi connectivity index (χ0) is 24.0. The number of benzene rings is 2. The van der Waals surface area contributed by atoms with Crippen LogP contribution < -0.4 is 15.4 Å². The summed E-state index contributed by atoms with van der Waals surface area (Å²) in [5.41, 5.74) is 1.23. The van der Waals surface area contributed by atoms with E-state index in [1.54, 1.807) is 18.2 Å². The van der Waals surface area contributed by atoms with Crippen LogP contribution in [-0.4, -0.2) is 44.4 Å². The normalized spacial score (nSPS) is 10.5. The van der Waals surface area contributed by atoms with E-state index >= 15 is 0 Å². The van der Waals surface area contributed by atoms with Gasteiger partial charge in [0.1, 0.15) is 11.4 Å². The Labute approximate surface area is 193 Å². The molecule has 0 aliphatic heterocycles. The number of carbonyl (C=O) groups is 2. The molecule has 0 atom stereocenters. The predicted molar refractivity (Wildman–Crippen MR) is 124 cm³/mol. The Morgan fingerprint density at radius 2 is 1.97 bits per heavy atom. The third kappa shape index (κ3) is 5.86. The molecule has 0 fully saturated rings. The minimum absolute atomic E-state index is 0.0206. The first-order valence-corrected chi connectivity index (χ1v) is 10.9. The number of thioether (sulfide) groups is 1. The van der Waals surface area contributed by atoms with Crippen LogP contribution >= 0.6 is 11.8 Å². The zero-order valence-corrected chi connectivity index (χ0v) is 19.0. The fourth-order valence-electron chi connectivity index (χ4n) is 3.04. The van der Waals surface area contributed by atoms with Gasteiger partial charge in [-0.1, -0.05) is 23.9 Å². The summed E-state index contributed by atoms with van der Waals surface area (Å²) in [5, 5.41) is 25.5. The molecule has 2 aromatic carbocycles. The quantitative estimate of drug-likeness (QED) is 0.275. The highest BCUT2D eigenvalue weighted by Gasteiger charge is 2.19. The number of methoxy groups -OCH3 is 1. The third-order valence-corrected chi connectivity index (χ3v) is 5.45. The molecule has 0 bridgehead atoms. The molecule has 0 aliphatic rings. The molecule has 3 aromatic rings.